The lowest BCUT2D eigenvalue weighted by Gasteiger charge is -2.17. The number of carbonyl (C=O) groups excluding carboxylic acids is 1. The minimum Gasteiger partial charge on any atom is -0.493 e. The monoisotopic (exact) mass is 502 g/mol. The molecule has 3 aromatic rings. The molecule has 34 heavy (non-hydrogen) atoms. The van der Waals surface area contributed by atoms with Gasteiger partial charge >= 0.3 is 0 Å². The van der Waals surface area contributed by atoms with E-state index in [1.807, 2.05) is 47.1 Å². The molecule has 8 heteroatoms. The van der Waals surface area contributed by atoms with Crippen LogP contribution in [0.25, 0.3) is 0 Å². The van der Waals surface area contributed by atoms with Gasteiger partial charge < -0.3 is 15.4 Å². The molecule has 182 valence electrons. The van der Waals surface area contributed by atoms with Gasteiger partial charge in [-0.3, -0.25) is 9.48 Å². The quantitative estimate of drug-likeness (QED) is 0.426. The third-order valence-corrected chi connectivity index (χ3v) is 5.97. The summed E-state index contributed by atoms with van der Waals surface area (Å²) < 4.78 is 7.90. The van der Waals surface area contributed by atoms with Gasteiger partial charge in [-0.25, -0.2) is 0 Å². The molecule has 2 heterocycles. The normalized spacial score (nSPS) is 12.7. The summed E-state index contributed by atoms with van der Waals surface area (Å²) in [6, 6.07) is 13.5. The lowest BCUT2D eigenvalue weighted by Crippen LogP contribution is -2.24. The van der Waals surface area contributed by atoms with Gasteiger partial charge in [-0.05, 0) is 66.8 Å². The van der Waals surface area contributed by atoms with Crippen molar-refractivity contribution in [2.45, 2.75) is 46.7 Å². The van der Waals surface area contributed by atoms with Crippen molar-refractivity contribution < 1.29 is 9.53 Å². The van der Waals surface area contributed by atoms with Gasteiger partial charge in [0.05, 0.1) is 13.2 Å². The number of fused-ring (bicyclic) bond motifs is 1. The number of amides is 1. The lowest BCUT2D eigenvalue weighted by atomic mass is 9.98. The molecule has 0 unspecified atom stereocenters. The summed E-state index contributed by atoms with van der Waals surface area (Å²) >= 11 is 6.27. The molecule has 1 amide bonds. The molecule has 6 nitrogen and oxygen atoms in total. The molecule has 1 aromatic heterocycles. The van der Waals surface area contributed by atoms with E-state index >= 15 is 0 Å². The van der Waals surface area contributed by atoms with Crippen molar-refractivity contribution in [2.75, 3.05) is 18.5 Å². The maximum atomic E-state index is 12.9. The van der Waals surface area contributed by atoms with Crippen molar-refractivity contribution in [2.24, 2.45) is 5.92 Å². The van der Waals surface area contributed by atoms with Gasteiger partial charge in [0, 0.05) is 34.5 Å². The minimum atomic E-state index is -0.146. The predicted molar refractivity (Wildman–Crippen MR) is 140 cm³/mol. The fourth-order valence-electron chi connectivity index (χ4n) is 3.98. The Kier molecular flexibility index (Phi) is 9.00. The predicted octanol–water partition coefficient (Wildman–Crippen LogP) is 5.50. The van der Waals surface area contributed by atoms with E-state index in [4.69, 9.17) is 16.3 Å². The topological polar surface area (TPSA) is 68.2 Å². The number of ether oxygens (including phenoxy) is 1. The van der Waals surface area contributed by atoms with Gasteiger partial charge in [0.2, 0.25) is 0 Å². The Hall–Kier alpha value is -2.54. The van der Waals surface area contributed by atoms with Crippen LogP contribution >= 0.6 is 24.0 Å². The molecule has 0 atom stereocenters. The number of nitrogens with zero attached hydrogens (tertiary/aromatic N) is 2. The van der Waals surface area contributed by atoms with E-state index in [-0.39, 0.29) is 18.3 Å². The molecule has 0 bridgehead atoms. The van der Waals surface area contributed by atoms with Crippen molar-refractivity contribution in [3.63, 3.8) is 0 Å². The SMILES string of the molecule is CCc1cc(NC(=O)c2ccc3c(c2)CCNC3)nn1Cc1cc(Cl)ccc1OCC(C)C.Cl. The molecule has 0 saturated heterocycles. The fraction of sp³-hybridized carbons (Fsp3) is 0.385. The number of rotatable bonds is 8. The van der Waals surface area contributed by atoms with Crippen molar-refractivity contribution in [1.82, 2.24) is 15.1 Å². The Labute approximate surface area is 212 Å². The Bertz CT molecular complexity index is 1140. The van der Waals surface area contributed by atoms with Crippen LogP contribution in [0.1, 0.15) is 53.5 Å². The first-order valence-electron chi connectivity index (χ1n) is 11.5. The first-order chi connectivity index (χ1) is 15.9. The molecular formula is C26H32Cl2N4O2. The Balaban J connectivity index is 0.00000324. The summed E-state index contributed by atoms with van der Waals surface area (Å²) in [4.78, 5) is 12.9. The van der Waals surface area contributed by atoms with Crippen LogP contribution in [0.5, 0.6) is 5.75 Å². The molecule has 1 aliphatic heterocycles. The highest BCUT2D eigenvalue weighted by Gasteiger charge is 2.16. The summed E-state index contributed by atoms with van der Waals surface area (Å²) in [7, 11) is 0. The number of benzene rings is 2. The smallest absolute Gasteiger partial charge is 0.256 e. The van der Waals surface area contributed by atoms with Crippen LogP contribution < -0.4 is 15.4 Å². The first-order valence-corrected chi connectivity index (χ1v) is 11.9. The van der Waals surface area contributed by atoms with Crippen LogP contribution in [-0.4, -0.2) is 28.8 Å². The average Bonchev–Trinajstić information content (AvgIpc) is 3.19. The zero-order chi connectivity index (χ0) is 23.4. The van der Waals surface area contributed by atoms with Crippen LogP contribution in [0.4, 0.5) is 5.82 Å². The molecule has 4 rings (SSSR count). The minimum absolute atomic E-state index is 0. The number of hydrogen-bond acceptors (Lipinski definition) is 4. The van der Waals surface area contributed by atoms with Crippen LogP contribution in [0.2, 0.25) is 5.02 Å². The summed E-state index contributed by atoms with van der Waals surface area (Å²) in [5.74, 6) is 1.63. The molecule has 2 aromatic carbocycles. The van der Waals surface area contributed by atoms with Gasteiger partial charge in [0.15, 0.2) is 5.82 Å². The summed E-state index contributed by atoms with van der Waals surface area (Å²) in [5.41, 5.74) is 5.13. The Morgan fingerprint density at radius 2 is 2.03 bits per heavy atom. The molecule has 2 N–H and O–H groups in total. The second-order valence-electron chi connectivity index (χ2n) is 8.85. The molecule has 0 fully saturated rings. The van der Waals surface area contributed by atoms with Crippen molar-refractivity contribution in [3.8, 4) is 5.75 Å². The van der Waals surface area contributed by atoms with E-state index in [0.717, 1.165) is 42.9 Å². The average molecular weight is 503 g/mol. The highest BCUT2D eigenvalue weighted by molar-refractivity contribution is 6.30. The highest BCUT2D eigenvalue weighted by Crippen LogP contribution is 2.26. The number of anilines is 1. The lowest BCUT2D eigenvalue weighted by molar-refractivity contribution is 0.102. The van der Waals surface area contributed by atoms with Crippen LogP contribution in [-0.2, 0) is 25.9 Å². The van der Waals surface area contributed by atoms with Gasteiger partial charge in [-0.15, -0.1) is 12.4 Å². The second kappa shape index (κ2) is 11.7. The van der Waals surface area contributed by atoms with Crippen LogP contribution in [0, 0.1) is 5.92 Å². The Morgan fingerprint density at radius 3 is 2.79 bits per heavy atom. The standard InChI is InChI=1S/C26H31ClN4O2.ClH/c1-4-23-13-25(29-26(32)19-5-6-20-14-28-10-9-18(20)11-19)30-31(23)15-21-12-22(27)7-8-24(21)33-16-17(2)3;/h5-8,11-13,17,28H,4,9-10,14-16H2,1-3H3,(H,29,30,32);1H. The number of aromatic nitrogens is 2. The molecule has 0 saturated carbocycles. The summed E-state index contributed by atoms with van der Waals surface area (Å²) in [6.07, 6.45) is 1.73. The highest BCUT2D eigenvalue weighted by atomic mass is 35.5. The number of carbonyl (C=O) groups is 1. The van der Waals surface area contributed by atoms with Crippen LogP contribution in [0.3, 0.4) is 0 Å². The Morgan fingerprint density at radius 1 is 1.21 bits per heavy atom. The van der Waals surface area contributed by atoms with Crippen molar-refractivity contribution in [3.05, 3.63) is 75.4 Å². The van der Waals surface area contributed by atoms with E-state index in [0.29, 0.717) is 35.5 Å². The number of hydrogen-bond donors (Lipinski definition) is 2. The first kappa shape index (κ1) is 26.1. The van der Waals surface area contributed by atoms with E-state index in [1.54, 1.807) is 0 Å². The molecular weight excluding hydrogens is 471 g/mol. The van der Waals surface area contributed by atoms with Crippen LogP contribution in [0.15, 0.2) is 42.5 Å². The number of aryl methyl sites for hydroxylation is 1. The van der Waals surface area contributed by atoms with Crippen molar-refractivity contribution in [1.29, 1.82) is 0 Å². The van der Waals surface area contributed by atoms with Gasteiger partial charge in [0.1, 0.15) is 5.75 Å². The largest absolute Gasteiger partial charge is 0.493 e. The molecule has 0 aliphatic carbocycles. The molecule has 0 radical (unpaired) electrons. The summed E-state index contributed by atoms with van der Waals surface area (Å²) in [5, 5.41) is 11.7. The van der Waals surface area contributed by atoms with E-state index in [9.17, 15) is 4.79 Å². The van der Waals surface area contributed by atoms with Crippen molar-refractivity contribution >= 4 is 35.7 Å². The van der Waals surface area contributed by atoms with E-state index in [1.165, 1.54) is 11.1 Å². The van der Waals surface area contributed by atoms with Gasteiger partial charge in [-0.1, -0.05) is 38.4 Å². The third kappa shape index (κ3) is 6.32. The maximum Gasteiger partial charge on any atom is 0.256 e. The van der Waals surface area contributed by atoms with Gasteiger partial charge in [-0.2, -0.15) is 5.10 Å². The van der Waals surface area contributed by atoms with E-state index in [2.05, 4.69) is 36.5 Å². The molecule has 1 aliphatic rings. The van der Waals surface area contributed by atoms with Gasteiger partial charge in [0.25, 0.3) is 5.91 Å². The zero-order valence-electron chi connectivity index (χ0n) is 19.9. The van der Waals surface area contributed by atoms with E-state index < -0.39 is 0 Å². The third-order valence-electron chi connectivity index (χ3n) is 5.74. The number of nitrogens with one attached hydrogen (secondary N) is 2. The zero-order valence-corrected chi connectivity index (χ0v) is 21.4. The summed E-state index contributed by atoms with van der Waals surface area (Å²) in [6.45, 7) is 9.25. The fourth-order valence-corrected chi connectivity index (χ4v) is 4.17. The molecule has 0 spiro atoms. The maximum absolute atomic E-state index is 12.9. The number of halogens is 2. The second-order valence-corrected chi connectivity index (χ2v) is 9.29.